The summed E-state index contributed by atoms with van der Waals surface area (Å²) in [5.74, 6) is 1.57. The molecule has 0 amide bonds. The topological polar surface area (TPSA) is 65.7 Å². The summed E-state index contributed by atoms with van der Waals surface area (Å²) in [4.78, 5) is 4.34. The molecule has 0 bridgehead atoms. The minimum Gasteiger partial charge on any atom is -0.497 e. The van der Waals surface area contributed by atoms with Crippen LogP contribution in [0.25, 0.3) is 0 Å². The van der Waals surface area contributed by atoms with Crippen molar-refractivity contribution < 1.29 is 4.74 Å². The van der Waals surface area contributed by atoms with Gasteiger partial charge in [0, 0.05) is 18.0 Å². The van der Waals surface area contributed by atoms with Crippen LogP contribution < -0.4 is 4.74 Å². The summed E-state index contributed by atoms with van der Waals surface area (Å²) in [6, 6.07) is 4.25. The van der Waals surface area contributed by atoms with E-state index in [0.29, 0.717) is 6.04 Å². The molecule has 0 unspecified atom stereocenters. The molecule has 0 radical (unpaired) electrons. The predicted molar refractivity (Wildman–Crippen MR) is 75.7 cm³/mol. The van der Waals surface area contributed by atoms with E-state index in [1.54, 1.807) is 25.1 Å². The van der Waals surface area contributed by atoms with Crippen LogP contribution in [0.5, 0.6) is 5.75 Å². The lowest BCUT2D eigenvalue weighted by Crippen LogP contribution is -2.08. The fraction of sp³-hybridized carbons (Fsp3) is 0.538. The minimum absolute atomic E-state index is 0.464. The molecule has 3 rings (SSSR count). The van der Waals surface area contributed by atoms with E-state index in [-0.39, 0.29) is 0 Å². The van der Waals surface area contributed by atoms with E-state index in [4.69, 9.17) is 4.74 Å². The first-order valence-corrected chi connectivity index (χ1v) is 7.75. The van der Waals surface area contributed by atoms with Gasteiger partial charge in [0.25, 0.3) is 0 Å². The molecule has 1 saturated carbocycles. The van der Waals surface area contributed by atoms with E-state index in [0.717, 1.165) is 22.4 Å². The Labute approximate surface area is 121 Å². The van der Waals surface area contributed by atoms with Gasteiger partial charge in [-0.05, 0) is 29.3 Å². The summed E-state index contributed by atoms with van der Waals surface area (Å²) in [5.41, 5.74) is 0.968. The van der Waals surface area contributed by atoms with E-state index in [9.17, 15) is 0 Å². The van der Waals surface area contributed by atoms with E-state index in [1.807, 2.05) is 16.8 Å². The van der Waals surface area contributed by atoms with Crippen LogP contribution in [-0.4, -0.2) is 32.3 Å². The van der Waals surface area contributed by atoms with Crippen LogP contribution in [0.4, 0.5) is 0 Å². The molecule has 1 aliphatic rings. The van der Waals surface area contributed by atoms with Gasteiger partial charge in [-0.2, -0.15) is 0 Å². The molecule has 0 aliphatic heterocycles. The third kappa shape index (κ3) is 2.92. The summed E-state index contributed by atoms with van der Waals surface area (Å²) in [7, 11) is 1.66. The second-order valence-corrected chi connectivity index (χ2v) is 5.76. The molecular formula is C13H17N5OS. The van der Waals surface area contributed by atoms with Crippen LogP contribution in [0, 0.1) is 0 Å². The lowest BCUT2D eigenvalue weighted by Gasteiger charge is -2.10. The van der Waals surface area contributed by atoms with Gasteiger partial charge < -0.3 is 4.74 Å². The Morgan fingerprint density at radius 3 is 3.05 bits per heavy atom. The normalized spacial score (nSPS) is 15.7. The zero-order chi connectivity index (χ0) is 13.8. The third-order valence-corrected chi connectivity index (χ3v) is 4.47. The van der Waals surface area contributed by atoms with Gasteiger partial charge in [0.2, 0.25) is 5.16 Å². The molecule has 1 aliphatic carbocycles. The van der Waals surface area contributed by atoms with Crippen LogP contribution in [-0.2, 0) is 5.75 Å². The van der Waals surface area contributed by atoms with Crippen molar-refractivity contribution in [3.63, 3.8) is 0 Å². The van der Waals surface area contributed by atoms with Crippen molar-refractivity contribution in [3.05, 3.63) is 24.0 Å². The maximum Gasteiger partial charge on any atom is 0.209 e. The Kier molecular flexibility index (Phi) is 4.15. The Morgan fingerprint density at radius 2 is 2.25 bits per heavy atom. The number of pyridine rings is 1. The predicted octanol–water partition coefficient (Wildman–Crippen LogP) is 2.48. The van der Waals surface area contributed by atoms with Gasteiger partial charge >= 0.3 is 0 Å². The van der Waals surface area contributed by atoms with E-state index in [1.165, 1.54) is 25.7 Å². The molecule has 2 aromatic rings. The summed E-state index contributed by atoms with van der Waals surface area (Å²) >= 11 is 1.62. The summed E-state index contributed by atoms with van der Waals surface area (Å²) in [6.45, 7) is 0. The number of nitrogens with zero attached hydrogens (tertiary/aromatic N) is 5. The lowest BCUT2D eigenvalue weighted by molar-refractivity contribution is 0.413. The standard InChI is InChI=1S/C13H17N5OS/c1-19-12-6-7-14-10(8-12)9-20-13-15-16-17-18(13)11-4-2-3-5-11/h6-8,11H,2-5,9H2,1H3. The first-order valence-electron chi connectivity index (χ1n) is 6.76. The van der Waals surface area contributed by atoms with Gasteiger partial charge in [0.1, 0.15) is 5.75 Å². The van der Waals surface area contributed by atoms with Crippen molar-refractivity contribution >= 4 is 11.8 Å². The van der Waals surface area contributed by atoms with Crippen LogP contribution in [0.2, 0.25) is 0 Å². The number of tetrazole rings is 1. The first-order chi connectivity index (χ1) is 9.86. The summed E-state index contributed by atoms with van der Waals surface area (Å²) in [5, 5.41) is 12.9. The number of hydrogen-bond acceptors (Lipinski definition) is 6. The molecule has 20 heavy (non-hydrogen) atoms. The third-order valence-electron chi connectivity index (χ3n) is 3.51. The fourth-order valence-electron chi connectivity index (χ4n) is 2.46. The van der Waals surface area contributed by atoms with Gasteiger partial charge in [-0.1, -0.05) is 24.6 Å². The van der Waals surface area contributed by atoms with Crippen molar-refractivity contribution in [1.82, 2.24) is 25.2 Å². The molecular weight excluding hydrogens is 274 g/mol. The molecule has 2 heterocycles. The number of ether oxygens (including phenoxy) is 1. The molecule has 0 aromatic carbocycles. The number of rotatable bonds is 5. The van der Waals surface area contributed by atoms with Crippen molar-refractivity contribution in [2.45, 2.75) is 42.6 Å². The van der Waals surface area contributed by atoms with Gasteiger partial charge in [0.05, 0.1) is 18.8 Å². The van der Waals surface area contributed by atoms with E-state index >= 15 is 0 Å². The second kappa shape index (κ2) is 6.21. The van der Waals surface area contributed by atoms with Crippen LogP contribution in [0.15, 0.2) is 23.5 Å². The molecule has 7 heteroatoms. The van der Waals surface area contributed by atoms with Gasteiger partial charge in [-0.25, -0.2) is 4.68 Å². The van der Waals surface area contributed by atoms with Gasteiger partial charge in [-0.15, -0.1) is 5.10 Å². The fourth-order valence-corrected chi connectivity index (χ4v) is 3.31. The smallest absolute Gasteiger partial charge is 0.209 e. The SMILES string of the molecule is COc1ccnc(CSc2nnnn2C2CCCC2)c1. The Balaban J connectivity index is 1.67. The van der Waals surface area contributed by atoms with Crippen LogP contribution >= 0.6 is 11.8 Å². The lowest BCUT2D eigenvalue weighted by atomic mass is 10.3. The quantitative estimate of drug-likeness (QED) is 0.789. The largest absolute Gasteiger partial charge is 0.497 e. The maximum absolute atomic E-state index is 5.20. The highest BCUT2D eigenvalue weighted by molar-refractivity contribution is 7.98. The number of aromatic nitrogens is 5. The first kappa shape index (κ1) is 13.4. The molecule has 0 atom stereocenters. The van der Waals surface area contributed by atoms with Gasteiger partial charge in [-0.3, -0.25) is 4.98 Å². The number of hydrogen-bond donors (Lipinski definition) is 0. The highest BCUT2D eigenvalue weighted by Crippen LogP contribution is 2.32. The molecule has 0 saturated heterocycles. The number of methoxy groups -OCH3 is 1. The van der Waals surface area contributed by atoms with E-state index in [2.05, 4.69) is 20.5 Å². The van der Waals surface area contributed by atoms with Crippen molar-refractivity contribution in [2.24, 2.45) is 0 Å². The zero-order valence-corrected chi connectivity index (χ0v) is 12.2. The highest BCUT2D eigenvalue weighted by Gasteiger charge is 2.21. The van der Waals surface area contributed by atoms with Crippen molar-refractivity contribution in [2.75, 3.05) is 7.11 Å². The zero-order valence-electron chi connectivity index (χ0n) is 11.4. The Hall–Kier alpha value is -1.63. The molecule has 6 nitrogen and oxygen atoms in total. The molecule has 106 valence electrons. The molecule has 0 N–H and O–H groups in total. The molecule has 1 fully saturated rings. The molecule has 2 aromatic heterocycles. The van der Waals surface area contributed by atoms with Crippen molar-refractivity contribution in [1.29, 1.82) is 0 Å². The van der Waals surface area contributed by atoms with Crippen LogP contribution in [0.3, 0.4) is 0 Å². The summed E-state index contributed by atoms with van der Waals surface area (Å²) in [6.07, 6.45) is 6.65. The Morgan fingerprint density at radius 1 is 1.40 bits per heavy atom. The number of thioether (sulfide) groups is 1. The summed E-state index contributed by atoms with van der Waals surface area (Å²) < 4.78 is 7.17. The van der Waals surface area contributed by atoms with Crippen molar-refractivity contribution in [3.8, 4) is 5.75 Å². The Bertz CT molecular complexity index is 567. The van der Waals surface area contributed by atoms with Gasteiger partial charge in [0.15, 0.2) is 0 Å². The second-order valence-electron chi connectivity index (χ2n) is 4.82. The van der Waals surface area contributed by atoms with Crippen LogP contribution in [0.1, 0.15) is 37.4 Å². The average molecular weight is 291 g/mol. The molecule has 0 spiro atoms. The van der Waals surface area contributed by atoms with E-state index < -0.39 is 0 Å². The highest BCUT2D eigenvalue weighted by atomic mass is 32.2. The monoisotopic (exact) mass is 291 g/mol. The maximum atomic E-state index is 5.20. The average Bonchev–Trinajstić information content (AvgIpc) is 3.16. The minimum atomic E-state index is 0.464.